The van der Waals surface area contributed by atoms with Crippen LogP contribution in [0, 0.1) is 23.7 Å². The van der Waals surface area contributed by atoms with Crippen molar-refractivity contribution in [1.29, 1.82) is 0 Å². The Kier molecular flexibility index (Phi) is 9.01. The average Bonchev–Trinajstić information content (AvgIpc) is 2.92. The lowest BCUT2D eigenvalue weighted by molar-refractivity contribution is 0.0980. The molecule has 2 aromatic rings. The van der Waals surface area contributed by atoms with E-state index in [1.807, 2.05) is 37.3 Å². The predicted octanol–water partition coefficient (Wildman–Crippen LogP) is 6.99. The Bertz CT molecular complexity index is 1330. The van der Waals surface area contributed by atoms with Crippen LogP contribution in [0.4, 0.5) is 5.69 Å². The number of aryl methyl sites for hydroxylation is 1. The van der Waals surface area contributed by atoms with Gasteiger partial charge in [-0.2, -0.15) is 0 Å². The second kappa shape index (κ2) is 12.3. The first-order chi connectivity index (χ1) is 19.1. The minimum absolute atomic E-state index is 0.0309. The molecule has 1 N–H and O–H groups in total. The Morgan fingerprint density at radius 1 is 0.925 bits per heavy atom. The summed E-state index contributed by atoms with van der Waals surface area (Å²) in [6.07, 6.45) is 8.39. The molecule has 0 aromatic heterocycles. The summed E-state index contributed by atoms with van der Waals surface area (Å²) in [7, 11) is -3.81. The van der Waals surface area contributed by atoms with Gasteiger partial charge in [-0.1, -0.05) is 44.4 Å². The fourth-order valence-electron chi connectivity index (χ4n) is 6.73. The fraction of sp³-hybridized carbons (Fsp3) is 0.594. The number of anilines is 1. The molecule has 0 unspecified atom stereocenters. The number of hydrogen-bond donors (Lipinski definition) is 1. The Balaban J connectivity index is 1.52. The van der Waals surface area contributed by atoms with E-state index in [0.29, 0.717) is 35.7 Å². The van der Waals surface area contributed by atoms with Crippen LogP contribution < -0.4 is 14.4 Å². The van der Waals surface area contributed by atoms with Crippen LogP contribution in [-0.4, -0.2) is 32.7 Å². The SMILES string of the molecule is C[C@@H]1[C@@H](C)CCC[C@H](C)[C@@H]2CC[C@H]2CN2CCCCc3cc(Cl)ccc3COc3ccc(cc32)C(=O)NS1(=O)=O. The number of carbonyl (C=O) groups is 1. The van der Waals surface area contributed by atoms with E-state index in [1.54, 1.807) is 13.0 Å². The third-order valence-electron chi connectivity index (χ3n) is 9.74. The van der Waals surface area contributed by atoms with Crippen molar-refractivity contribution in [3.8, 4) is 5.75 Å². The highest BCUT2D eigenvalue weighted by Gasteiger charge is 2.37. The Morgan fingerprint density at radius 3 is 2.50 bits per heavy atom. The van der Waals surface area contributed by atoms with Gasteiger partial charge in [-0.25, -0.2) is 13.1 Å². The van der Waals surface area contributed by atoms with Gasteiger partial charge in [-0.15, -0.1) is 0 Å². The van der Waals surface area contributed by atoms with Gasteiger partial charge in [0.1, 0.15) is 12.4 Å². The van der Waals surface area contributed by atoms with E-state index in [1.165, 1.54) is 18.4 Å². The average molecular weight is 587 g/mol. The van der Waals surface area contributed by atoms with Crippen LogP contribution >= 0.6 is 11.6 Å². The lowest BCUT2D eigenvalue weighted by Crippen LogP contribution is -2.42. The molecule has 1 aliphatic carbocycles. The van der Waals surface area contributed by atoms with Crippen molar-refractivity contribution in [2.75, 3.05) is 18.0 Å². The van der Waals surface area contributed by atoms with E-state index >= 15 is 0 Å². The summed E-state index contributed by atoms with van der Waals surface area (Å²) in [5, 5.41) is 0.0870. The van der Waals surface area contributed by atoms with Crippen LogP contribution in [0.1, 0.15) is 87.2 Å². The van der Waals surface area contributed by atoms with Crippen molar-refractivity contribution in [3.05, 3.63) is 58.1 Å². The normalized spacial score (nSPS) is 29.4. The van der Waals surface area contributed by atoms with Gasteiger partial charge in [-0.3, -0.25) is 4.79 Å². The van der Waals surface area contributed by atoms with Crippen molar-refractivity contribution in [1.82, 2.24) is 4.72 Å². The highest BCUT2D eigenvalue weighted by Crippen LogP contribution is 2.44. The van der Waals surface area contributed by atoms with E-state index in [-0.39, 0.29) is 5.92 Å². The van der Waals surface area contributed by atoms with E-state index in [4.69, 9.17) is 16.3 Å². The molecule has 40 heavy (non-hydrogen) atoms. The summed E-state index contributed by atoms with van der Waals surface area (Å²) in [5.41, 5.74) is 3.53. The number of hydrogen-bond acceptors (Lipinski definition) is 5. The molecule has 8 heteroatoms. The molecule has 6 nitrogen and oxygen atoms in total. The lowest BCUT2D eigenvalue weighted by Gasteiger charge is -2.44. The van der Waals surface area contributed by atoms with Crippen molar-refractivity contribution < 1.29 is 17.9 Å². The number of amides is 1. The number of carbonyl (C=O) groups excluding carboxylic acids is 1. The van der Waals surface area contributed by atoms with Gasteiger partial charge < -0.3 is 9.64 Å². The summed E-state index contributed by atoms with van der Waals surface area (Å²) < 4.78 is 35.1. The quantitative estimate of drug-likeness (QED) is 0.360. The van der Waals surface area contributed by atoms with Gasteiger partial charge in [0.05, 0.1) is 10.9 Å². The third-order valence-corrected chi connectivity index (χ3v) is 11.9. The smallest absolute Gasteiger partial charge is 0.264 e. The van der Waals surface area contributed by atoms with E-state index in [9.17, 15) is 13.2 Å². The summed E-state index contributed by atoms with van der Waals surface area (Å²) in [6, 6.07) is 11.3. The molecule has 3 aliphatic rings. The number of nitrogens with zero attached hydrogens (tertiary/aromatic N) is 1. The standard InChI is InChI=1S/C32H43ClN2O4S/c1-21-7-6-8-22(2)29-14-11-26(29)19-35-16-5-4-9-24-17-28(33)13-10-27(24)20-39-31-15-12-25(18-30(31)35)32(36)34-40(37,38)23(21)3/h10,12-13,15,17-18,21-23,26,29H,4-9,11,14,16,19-20H2,1-3H3,(H,34,36)/t21-,22-,23+,26-,29-/m0/s1. The number of fused-ring (bicyclic) bond motifs is 3. The Hall–Kier alpha value is -2.25. The van der Waals surface area contributed by atoms with E-state index < -0.39 is 21.2 Å². The zero-order valence-electron chi connectivity index (χ0n) is 24.0. The highest BCUT2D eigenvalue weighted by atomic mass is 35.5. The summed E-state index contributed by atoms with van der Waals surface area (Å²) in [4.78, 5) is 15.7. The maximum atomic E-state index is 13.3. The number of sulfonamides is 1. The van der Waals surface area contributed by atoms with Crippen LogP contribution in [0.3, 0.4) is 0 Å². The fourth-order valence-corrected chi connectivity index (χ4v) is 8.24. The van der Waals surface area contributed by atoms with Crippen molar-refractivity contribution in [2.45, 2.75) is 84.0 Å². The molecular formula is C32H43ClN2O4S. The molecule has 2 heterocycles. The van der Waals surface area contributed by atoms with Gasteiger partial charge in [0, 0.05) is 23.7 Å². The van der Waals surface area contributed by atoms with E-state index in [0.717, 1.165) is 67.9 Å². The molecule has 1 amide bonds. The van der Waals surface area contributed by atoms with Crippen LogP contribution in [0.5, 0.6) is 5.75 Å². The van der Waals surface area contributed by atoms with Gasteiger partial charge >= 0.3 is 0 Å². The first-order valence-corrected chi connectivity index (χ1v) is 16.9. The van der Waals surface area contributed by atoms with Crippen molar-refractivity contribution >= 4 is 33.2 Å². The maximum absolute atomic E-state index is 13.3. The molecule has 2 bridgehead atoms. The molecule has 1 saturated carbocycles. The molecule has 1 fully saturated rings. The van der Waals surface area contributed by atoms with Gasteiger partial charge in [-0.05, 0) is 111 Å². The number of benzene rings is 2. The second-order valence-corrected chi connectivity index (χ2v) is 14.8. The van der Waals surface area contributed by atoms with Gasteiger partial charge in [0.2, 0.25) is 10.0 Å². The largest absolute Gasteiger partial charge is 0.487 e. The summed E-state index contributed by atoms with van der Waals surface area (Å²) in [6.45, 7) is 8.24. The third kappa shape index (κ3) is 6.46. The van der Waals surface area contributed by atoms with E-state index in [2.05, 4.69) is 16.5 Å². The molecule has 5 rings (SSSR count). The molecule has 5 atom stereocenters. The van der Waals surface area contributed by atoms with Gasteiger partial charge in [0.15, 0.2) is 0 Å². The number of rotatable bonds is 0. The zero-order valence-corrected chi connectivity index (χ0v) is 25.6. The van der Waals surface area contributed by atoms with Crippen LogP contribution in [0.25, 0.3) is 0 Å². The first-order valence-electron chi connectivity index (χ1n) is 15.0. The number of halogens is 1. The molecule has 0 saturated heterocycles. The van der Waals surface area contributed by atoms with Gasteiger partial charge in [0.25, 0.3) is 5.91 Å². The Labute approximate surface area is 244 Å². The lowest BCUT2D eigenvalue weighted by atomic mass is 9.66. The van der Waals surface area contributed by atoms with Crippen molar-refractivity contribution in [3.63, 3.8) is 0 Å². The van der Waals surface area contributed by atoms with Crippen molar-refractivity contribution in [2.24, 2.45) is 23.7 Å². The maximum Gasteiger partial charge on any atom is 0.264 e. The topological polar surface area (TPSA) is 75.7 Å². The Morgan fingerprint density at radius 2 is 1.73 bits per heavy atom. The second-order valence-electron chi connectivity index (χ2n) is 12.4. The molecule has 0 spiro atoms. The summed E-state index contributed by atoms with van der Waals surface area (Å²) in [5.74, 6) is 1.98. The number of nitrogens with one attached hydrogen (secondary N) is 1. The van der Waals surface area contributed by atoms with Crippen LogP contribution in [0.15, 0.2) is 36.4 Å². The highest BCUT2D eigenvalue weighted by molar-refractivity contribution is 7.90. The number of ether oxygens (including phenoxy) is 1. The zero-order chi connectivity index (χ0) is 28.4. The molecule has 0 radical (unpaired) electrons. The molecule has 2 aliphatic heterocycles. The van der Waals surface area contributed by atoms with Crippen LogP contribution in [0.2, 0.25) is 5.02 Å². The molecular weight excluding hydrogens is 544 g/mol. The first kappa shape index (κ1) is 29.2. The predicted molar refractivity (Wildman–Crippen MR) is 162 cm³/mol. The monoisotopic (exact) mass is 586 g/mol. The molecule has 218 valence electrons. The molecule has 2 aromatic carbocycles. The van der Waals surface area contributed by atoms with Crippen LogP contribution in [-0.2, 0) is 23.1 Å². The minimum atomic E-state index is -3.81. The summed E-state index contributed by atoms with van der Waals surface area (Å²) >= 11 is 6.32. The minimum Gasteiger partial charge on any atom is -0.487 e.